The van der Waals surface area contributed by atoms with Gasteiger partial charge in [-0.2, -0.15) is 0 Å². The van der Waals surface area contributed by atoms with Crippen molar-refractivity contribution in [2.24, 2.45) is 5.92 Å². The predicted octanol–water partition coefficient (Wildman–Crippen LogP) is 4.21. The summed E-state index contributed by atoms with van der Waals surface area (Å²) in [5, 5.41) is 2.81. The molecule has 0 atom stereocenters. The summed E-state index contributed by atoms with van der Waals surface area (Å²) in [5.74, 6) is 0.796. The summed E-state index contributed by atoms with van der Waals surface area (Å²) in [6, 6.07) is 9.38. The van der Waals surface area contributed by atoms with E-state index in [1.165, 1.54) is 11.1 Å². The van der Waals surface area contributed by atoms with E-state index < -0.39 is 0 Å². The molecule has 2 fully saturated rings. The van der Waals surface area contributed by atoms with Crippen LogP contribution in [-0.2, 0) is 14.9 Å². The monoisotopic (exact) mass is 386 g/mol. The van der Waals surface area contributed by atoms with Crippen molar-refractivity contribution in [1.82, 2.24) is 10.2 Å². The number of nitrogens with zero attached hydrogens (tertiary/aromatic N) is 1. The number of hydrogen-bond donors (Lipinski definition) is 1. The molecule has 1 aromatic rings. The Morgan fingerprint density at radius 3 is 2.25 bits per heavy atom. The Morgan fingerprint density at radius 1 is 1.11 bits per heavy atom. The van der Waals surface area contributed by atoms with Crippen molar-refractivity contribution < 1.29 is 14.3 Å². The van der Waals surface area contributed by atoms with E-state index in [9.17, 15) is 9.59 Å². The first-order valence-corrected chi connectivity index (χ1v) is 10.5. The molecule has 1 N–H and O–H groups in total. The topological polar surface area (TPSA) is 58.6 Å². The summed E-state index contributed by atoms with van der Waals surface area (Å²) in [4.78, 5) is 26.1. The summed E-state index contributed by atoms with van der Waals surface area (Å²) in [7, 11) is 1.93. The standard InChI is InChI=1S/C23H34N2O3/c1-6-28-22(27)24-19-11-17(12-19)21(26)25(5)20-13-16(14-20)15-7-9-18(10-8-15)23(2,3)4/h7-10,16-17,19-20H,6,11-14H2,1-5H3,(H,24,27)/t16-,17-,19+,20-. The summed E-state index contributed by atoms with van der Waals surface area (Å²) >= 11 is 0. The first-order chi connectivity index (χ1) is 13.2. The van der Waals surface area contributed by atoms with E-state index in [1.54, 1.807) is 6.92 Å². The molecule has 3 rings (SSSR count). The van der Waals surface area contributed by atoms with Gasteiger partial charge < -0.3 is 15.0 Å². The average Bonchev–Trinajstić information content (AvgIpc) is 2.55. The molecular formula is C23H34N2O3. The van der Waals surface area contributed by atoms with Crippen LogP contribution >= 0.6 is 0 Å². The minimum atomic E-state index is -0.383. The van der Waals surface area contributed by atoms with Crippen LogP contribution in [0.4, 0.5) is 4.79 Å². The summed E-state index contributed by atoms with van der Waals surface area (Å²) < 4.78 is 4.89. The number of carbonyl (C=O) groups is 2. The van der Waals surface area contributed by atoms with Crippen molar-refractivity contribution in [3.05, 3.63) is 35.4 Å². The van der Waals surface area contributed by atoms with E-state index in [-0.39, 0.29) is 29.4 Å². The molecule has 0 bridgehead atoms. The Bertz CT molecular complexity index is 696. The highest BCUT2D eigenvalue weighted by Crippen LogP contribution is 2.41. The van der Waals surface area contributed by atoms with Gasteiger partial charge in [0.15, 0.2) is 0 Å². The number of carbonyl (C=O) groups excluding carboxylic acids is 2. The van der Waals surface area contributed by atoms with Gasteiger partial charge in [0.1, 0.15) is 0 Å². The first-order valence-electron chi connectivity index (χ1n) is 10.5. The molecule has 2 amide bonds. The number of benzene rings is 1. The number of amides is 2. The summed E-state index contributed by atoms with van der Waals surface area (Å²) in [6.07, 6.45) is 3.12. The maximum absolute atomic E-state index is 12.7. The third-order valence-corrected chi connectivity index (χ3v) is 6.34. The van der Waals surface area contributed by atoms with Gasteiger partial charge >= 0.3 is 6.09 Å². The molecule has 5 heteroatoms. The van der Waals surface area contributed by atoms with Gasteiger partial charge in [-0.05, 0) is 55.1 Å². The molecule has 0 aliphatic heterocycles. The van der Waals surface area contributed by atoms with Crippen LogP contribution in [0, 0.1) is 5.92 Å². The second kappa shape index (κ2) is 8.14. The van der Waals surface area contributed by atoms with E-state index in [2.05, 4.69) is 50.4 Å². The van der Waals surface area contributed by atoms with Gasteiger partial charge in [0, 0.05) is 25.0 Å². The molecule has 0 saturated heterocycles. The van der Waals surface area contributed by atoms with Crippen LogP contribution in [-0.4, -0.2) is 42.6 Å². The Balaban J connectivity index is 1.43. The van der Waals surface area contributed by atoms with Crippen molar-refractivity contribution >= 4 is 12.0 Å². The SMILES string of the molecule is CCOC(=O)N[C@H]1C[C@@H](C(=O)N(C)[C@H]2C[C@H](c3ccc(C(C)(C)C)cc3)C2)C1. The zero-order valence-electron chi connectivity index (χ0n) is 17.8. The van der Waals surface area contributed by atoms with Crippen molar-refractivity contribution in [2.45, 2.75) is 76.8 Å². The third-order valence-electron chi connectivity index (χ3n) is 6.34. The molecule has 5 nitrogen and oxygen atoms in total. The number of alkyl carbamates (subject to hydrolysis) is 1. The van der Waals surface area contributed by atoms with Gasteiger partial charge in [0.05, 0.1) is 6.61 Å². The molecule has 28 heavy (non-hydrogen) atoms. The highest BCUT2D eigenvalue weighted by atomic mass is 16.5. The largest absolute Gasteiger partial charge is 0.450 e. The van der Waals surface area contributed by atoms with Gasteiger partial charge in [0.25, 0.3) is 0 Å². The van der Waals surface area contributed by atoms with Crippen molar-refractivity contribution in [1.29, 1.82) is 0 Å². The minimum Gasteiger partial charge on any atom is -0.450 e. The average molecular weight is 387 g/mol. The lowest BCUT2D eigenvalue weighted by atomic mass is 9.73. The highest BCUT2D eigenvalue weighted by molar-refractivity contribution is 5.80. The fourth-order valence-corrected chi connectivity index (χ4v) is 4.18. The maximum Gasteiger partial charge on any atom is 0.407 e. The molecule has 2 aliphatic rings. The van der Waals surface area contributed by atoms with Crippen LogP contribution in [0.5, 0.6) is 0 Å². The van der Waals surface area contributed by atoms with Crippen LogP contribution in [0.3, 0.4) is 0 Å². The molecule has 0 unspecified atom stereocenters. The number of ether oxygens (including phenoxy) is 1. The Hall–Kier alpha value is -2.04. The number of nitrogens with one attached hydrogen (secondary N) is 1. The first kappa shape index (κ1) is 20.7. The van der Waals surface area contributed by atoms with Crippen molar-refractivity contribution in [3.8, 4) is 0 Å². The molecule has 0 spiro atoms. The van der Waals surface area contributed by atoms with Crippen LogP contribution in [0.1, 0.15) is 70.4 Å². The smallest absolute Gasteiger partial charge is 0.407 e. The van der Waals surface area contributed by atoms with E-state index >= 15 is 0 Å². The fraction of sp³-hybridized carbons (Fsp3) is 0.652. The van der Waals surface area contributed by atoms with Crippen molar-refractivity contribution in [3.63, 3.8) is 0 Å². The Kier molecular flexibility index (Phi) is 6.01. The molecule has 0 radical (unpaired) electrons. The van der Waals surface area contributed by atoms with Crippen LogP contribution in [0.25, 0.3) is 0 Å². The van der Waals surface area contributed by atoms with Gasteiger partial charge in [-0.3, -0.25) is 4.79 Å². The highest BCUT2D eigenvalue weighted by Gasteiger charge is 2.41. The van der Waals surface area contributed by atoms with E-state index in [4.69, 9.17) is 4.74 Å². The van der Waals surface area contributed by atoms with E-state index in [0.29, 0.717) is 31.4 Å². The zero-order valence-corrected chi connectivity index (χ0v) is 17.8. The van der Waals surface area contributed by atoms with Crippen LogP contribution in [0.2, 0.25) is 0 Å². The molecule has 1 aromatic carbocycles. The zero-order chi connectivity index (χ0) is 20.5. The molecule has 0 heterocycles. The minimum absolute atomic E-state index is 0.0297. The summed E-state index contributed by atoms with van der Waals surface area (Å²) in [6.45, 7) is 8.84. The molecular weight excluding hydrogens is 352 g/mol. The van der Waals surface area contributed by atoms with Crippen molar-refractivity contribution in [2.75, 3.05) is 13.7 Å². The number of hydrogen-bond acceptors (Lipinski definition) is 3. The van der Waals surface area contributed by atoms with Crippen LogP contribution < -0.4 is 5.32 Å². The quantitative estimate of drug-likeness (QED) is 0.824. The van der Waals surface area contributed by atoms with Crippen LogP contribution in [0.15, 0.2) is 24.3 Å². The lowest BCUT2D eigenvalue weighted by Gasteiger charge is -2.45. The van der Waals surface area contributed by atoms with Gasteiger partial charge in [-0.1, -0.05) is 45.0 Å². The Labute approximate surface area is 168 Å². The predicted molar refractivity (Wildman–Crippen MR) is 110 cm³/mol. The number of rotatable bonds is 5. The molecule has 2 aliphatic carbocycles. The van der Waals surface area contributed by atoms with Gasteiger partial charge in [-0.15, -0.1) is 0 Å². The molecule has 154 valence electrons. The van der Waals surface area contributed by atoms with E-state index in [1.807, 2.05) is 11.9 Å². The maximum atomic E-state index is 12.7. The fourth-order valence-electron chi connectivity index (χ4n) is 4.18. The molecule has 0 aromatic heterocycles. The molecule has 2 saturated carbocycles. The van der Waals surface area contributed by atoms with Gasteiger partial charge in [0.2, 0.25) is 5.91 Å². The lowest BCUT2D eigenvalue weighted by Crippen LogP contribution is -2.53. The van der Waals surface area contributed by atoms with E-state index in [0.717, 1.165) is 12.8 Å². The second-order valence-electron chi connectivity index (χ2n) is 9.37. The normalized spacial score (nSPS) is 26.6. The Morgan fingerprint density at radius 2 is 1.71 bits per heavy atom. The second-order valence-corrected chi connectivity index (χ2v) is 9.37. The third kappa shape index (κ3) is 4.50. The summed E-state index contributed by atoms with van der Waals surface area (Å²) in [5.41, 5.74) is 2.92. The lowest BCUT2D eigenvalue weighted by molar-refractivity contribution is -0.141. The van der Waals surface area contributed by atoms with Gasteiger partial charge in [-0.25, -0.2) is 4.79 Å².